The summed E-state index contributed by atoms with van der Waals surface area (Å²) in [5.41, 5.74) is -0.244. The number of ketones is 6. The molecule has 0 saturated heterocycles. The number of methoxy groups -OCH3 is 3. The SMILES string of the molecule is COC(C(=O)c1ccccc1)C(=O)c1ccc(C(=O)C(OC)C(=O)c2ccccc2)c2c(C(=O)C(OC)C(=O)c3ccccc3)ccc(O)c12. The van der Waals surface area contributed by atoms with Gasteiger partial charge in [-0.25, -0.2) is 0 Å². The van der Waals surface area contributed by atoms with Gasteiger partial charge in [-0.2, -0.15) is 0 Å². The minimum atomic E-state index is -1.69. The highest BCUT2D eigenvalue weighted by Gasteiger charge is 2.37. The number of phenolic OH excluding ortho intramolecular Hbond substituents is 1. The average molecular weight is 673 g/mol. The van der Waals surface area contributed by atoms with Crippen molar-refractivity contribution in [1.29, 1.82) is 0 Å². The molecule has 1 N–H and O–H groups in total. The Labute approximate surface area is 287 Å². The van der Waals surface area contributed by atoms with Crippen LogP contribution in [0.5, 0.6) is 5.75 Å². The molecule has 0 aromatic heterocycles. The minimum Gasteiger partial charge on any atom is -0.507 e. The van der Waals surface area contributed by atoms with Crippen LogP contribution in [0.4, 0.5) is 0 Å². The van der Waals surface area contributed by atoms with Crippen molar-refractivity contribution in [2.75, 3.05) is 21.3 Å². The molecule has 5 aromatic rings. The van der Waals surface area contributed by atoms with E-state index in [-0.39, 0.29) is 44.2 Å². The lowest BCUT2D eigenvalue weighted by molar-refractivity contribution is 0.0501. The summed E-state index contributed by atoms with van der Waals surface area (Å²) in [5.74, 6) is -5.21. The molecule has 3 atom stereocenters. The topological polar surface area (TPSA) is 150 Å². The number of ether oxygens (including phenoxy) is 3. The van der Waals surface area contributed by atoms with Gasteiger partial charge in [-0.3, -0.25) is 28.8 Å². The Morgan fingerprint density at radius 2 is 0.680 bits per heavy atom. The third-order valence-corrected chi connectivity index (χ3v) is 8.25. The quantitative estimate of drug-likeness (QED) is 0.107. The molecule has 50 heavy (non-hydrogen) atoms. The van der Waals surface area contributed by atoms with E-state index in [2.05, 4.69) is 0 Å². The highest BCUT2D eigenvalue weighted by Crippen LogP contribution is 2.37. The molecule has 252 valence electrons. The van der Waals surface area contributed by atoms with Gasteiger partial charge in [-0.05, 0) is 24.3 Å². The van der Waals surface area contributed by atoms with Crippen LogP contribution in [0.25, 0.3) is 10.8 Å². The number of hydrogen-bond donors (Lipinski definition) is 1. The molecule has 10 heteroatoms. The molecule has 10 nitrogen and oxygen atoms in total. The summed E-state index contributed by atoms with van der Waals surface area (Å²) in [6.07, 6.45) is -5.05. The van der Waals surface area contributed by atoms with Gasteiger partial charge in [0.05, 0.1) is 0 Å². The predicted molar refractivity (Wildman–Crippen MR) is 183 cm³/mol. The van der Waals surface area contributed by atoms with Crippen LogP contribution in [-0.4, -0.2) is 79.4 Å². The van der Waals surface area contributed by atoms with E-state index in [0.717, 1.165) is 6.07 Å². The highest BCUT2D eigenvalue weighted by molar-refractivity contribution is 6.31. The van der Waals surface area contributed by atoms with E-state index in [1.165, 1.54) is 75.9 Å². The van der Waals surface area contributed by atoms with Gasteiger partial charge < -0.3 is 19.3 Å². The van der Waals surface area contributed by atoms with Crippen molar-refractivity contribution in [2.24, 2.45) is 0 Å². The van der Waals surface area contributed by atoms with Crippen molar-refractivity contribution in [2.45, 2.75) is 18.3 Å². The molecule has 0 heterocycles. The number of phenols is 1. The zero-order chi connectivity index (χ0) is 35.9. The summed E-state index contributed by atoms with van der Waals surface area (Å²) in [6.45, 7) is 0. The third kappa shape index (κ3) is 6.81. The van der Waals surface area contributed by atoms with Gasteiger partial charge >= 0.3 is 0 Å². The normalized spacial score (nSPS) is 12.9. The summed E-state index contributed by atoms with van der Waals surface area (Å²) < 4.78 is 16.1. The number of fused-ring (bicyclic) bond motifs is 1. The van der Waals surface area contributed by atoms with Crippen LogP contribution >= 0.6 is 0 Å². The van der Waals surface area contributed by atoms with E-state index >= 15 is 0 Å². The van der Waals surface area contributed by atoms with E-state index in [1.807, 2.05) is 0 Å². The molecule has 0 bridgehead atoms. The van der Waals surface area contributed by atoms with E-state index < -0.39 is 58.8 Å². The summed E-state index contributed by atoms with van der Waals surface area (Å²) >= 11 is 0. The second kappa shape index (κ2) is 15.5. The lowest BCUT2D eigenvalue weighted by Gasteiger charge is -2.21. The molecule has 0 aliphatic rings. The summed E-state index contributed by atoms with van der Waals surface area (Å²) in [7, 11) is 3.52. The molecular weight excluding hydrogens is 640 g/mol. The first-order valence-electron chi connectivity index (χ1n) is 15.4. The summed E-state index contributed by atoms with van der Waals surface area (Å²) in [6, 6.07) is 28.6. The number of carbonyl (C=O) groups excluding carboxylic acids is 6. The van der Waals surface area contributed by atoms with E-state index in [1.54, 1.807) is 54.6 Å². The van der Waals surface area contributed by atoms with Crippen LogP contribution in [0.15, 0.2) is 115 Å². The minimum absolute atomic E-state index is 0.179. The van der Waals surface area contributed by atoms with Crippen molar-refractivity contribution in [3.05, 3.63) is 149 Å². The van der Waals surface area contributed by atoms with Gasteiger partial charge in [0.2, 0.25) is 0 Å². The van der Waals surface area contributed by atoms with Gasteiger partial charge in [-0.1, -0.05) is 91.0 Å². The number of benzene rings is 5. The van der Waals surface area contributed by atoms with Crippen LogP contribution in [0.3, 0.4) is 0 Å². The molecule has 0 amide bonds. The van der Waals surface area contributed by atoms with Crippen LogP contribution in [0, 0.1) is 0 Å². The van der Waals surface area contributed by atoms with Gasteiger partial charge in [0, 0.05) is 65.5 Å². The summed E-state index contributed by atoms with van der Waals surface area (Å²) in [5, 5.41) is 10.8. The Balaban J connectivity index is 1.73. The second-order valence-corrected chi connectivity index (χ2v) is 11.2. The van der Waals surface area contributed by atoms with Crippen molar-refractivity contribution >= 4 is 45.5 Å². The lowest BCUT2D eigenvalue weighted by atomic mass is 9.85. The van der Waals surface area contributed by atoms with E-state index in [0.29, 0.717) is 0 Å². The van der Waals surface area contributed by atoms with Gasteiger partial charge in [0.15, 0.2) is 53.0 Å². The van der Waals surface area contributed by atoms with Crippen LogP contribution < -0.4 is 0 Å². The molecule has 5 aromatic carbocycles. The van der Waals surface area contributed by atoms with Gasteiger partial charge in [0.1, 0.15) is 5.75 Å². The Bertz CT molecular complexity index is 2010. The molecule has 0 saturated carbocycles. The molecule has 3 unspecified atom stereocenters. The maximum Gasteiger partial charge on any atom is 0.200 e. The monoisotopic (exact) mass is 672 g/mol. The zero-order valence-corrected chi connectivity index (χ0v) is 27.3. The maximum atomic E-state index is 14.2. The Kier molecular flexibility index (Phi) is 11.0. The fourth-order valence-electron chi connectivity index (χ4n) is 5.78. The third-order valence-electron chi connectivity index (χ3n) is 8.25. The Hall–Kier alpha value is -5.94. The smallest absolute Gasteiger partial charge is 0.200 e. The predicted octanol–water partition coefficient (Wildman–Crippen LogP) is 5.79. The number of rotatable bonds is 15. The molecule has 0 aliphatic heterocycles. The first-order chi connectivity index (χ1) is 24.1. The molecule has 0 spiro atoms. The lowest BCUT2D eigenvalue weighted by Crippen LogP contribution is -2.35. The Morgan fingerprint density at radius 1 is 0.400 bits per heavy atom. The van der Waals surface area contributed by atoms with Crippen molar-refractivity contribution in [3.8, 4) is 5.75 Å². The zero-order valence-electron chi connectivity index (χ0n) is 27.3. The first-order valence-corrected chi connectivity index (χ1v) is 15.4. The van der Waals surface area contributed by atoms with Crippen LogP contribution in [-0.2, 0) is 14.2 Å². The standard InChI is InChI=1S/C40H32O10/c1-48-38(32(42)23-13-7-4-8-14-23)35(45)26-19-20-28(37(47)40(50-3)34(44)25-17-11-6-12-18-25)31-29(41)22-21-27(30(26)31)36(46)39(49-2)33(43)24-15-9-5-10-16-24/h4-22,38-41H,1-3H3. The van der Waals surface area contributed by atoms with E-state index in [9.17, 15) is 33.9 Å². The molecule has 0 fully saturated rings. The highest BCUT2D eigenvalue weighted by atomic mass is 16.5. The second-order valence-electron chi connectivity index (χ2n) is 11.2. The van der Waals surface area contributed by atoms with Crippen molar-refractivity contribution in [3.63, 3.8) is 0 Å². The van der Waals surface area contributed by atoms with Crippen molar-refractivity contribution in [1.82, 2.24) is 0 Å². The van der Waals surface area contributed by atoms with Crippen molar-refractivity contribution < 1.29 is 48.1 Å². The molecule has 5 rings (SSSR count). The van der Waals surface area contributed by atoms with Gasteiger partial charge in [0.25, 0.3) is 0 Å². The van der Waals surface area contributed by atoms with Crippen LogP contribution in [0.1, 0.15) is 62.1 Å². The average Bonchev–Trinajstić information content (AvgIpc) is 3.16. The fraction of sp³-hybridized carbons (Fsp3) is 0.150. The molecular formula is C40H32O10. The number of Topliss-reactive ketones (excluding diaryl/α,β-unsaturated/α-hetero) is 6. The first kappa shape index (κ1) is 35.4. The fourth-order valence-corrected chi connectivity index (χ4v) is 5.78. The van der Waals surface area contributed by atoms with E-state index in [4.69, 9.17) is 14.2 Å². The maximum absolute atomic E-state index is 14.2. The Morgan fingerprint density at radius 3 is 0.980 bits per heavy atom. The number of hydrogen-bond acceptors (Lipinski definition) is 10. The summed E-state index contributed by atoms with van der Waals surface area (Å²) in [4.78, 5) is 83.0. The largest absolute Gasteiger partial charge is 0.507 e. The molecule has 0 radical (unpaired) electrons. The van der Waals surface area contributed by atoms with Gasteiger partial charge in [-0.15, -0.1) is 0 Å². The number of aromatic hydroxyl groups is 1. The number of carbonyl (C=O) groups is 6. The van der Waals surface area contributed by atoms with Crippen LogP contribution in [0.2, 0.25) is 0 Å². The molecule has 0 aliphatic carbocycles.